The molecular weight excluding hydrogens is 407 g/mol. The van der Waals surface area contributed by atoms with Gasteiger partial charge in [0.2, 0.25) is 0 Å². The van der Waals surface area contributed by atoms with Crippen molar-refractivity contribution in [2.75, 3.05) is 11.9 Å². The van der Waals surface area contributed by atoms with Crippen LogP contribution in [0.25, 0.3) is 0 Å². The number of rotatable bonds is 7. The first-order valence-electron chi connectivity index (χ1n) is 9.27. The average molecular weight is 427 g/mol. The summed E-state index contributed by atoms with van der Waals surface area (Å²) in [5, 5.41) is 6.49. The first-order valence-corrected chi connectivity index (χ1v) is 9.27. The molecule has 0 aliphatic carbocycles. The van der Waals surface area contributed by atoms with Crippen molar-refractivity contribution in [3.8, 4) is 11.5 Å². The standard InChI is InChI=1S/C22H20F3N5O/c1-15-11-17(12-21(29-15)22(23,24)25)28-14-18(30-26)13-27-16-7-9-20(10-8-16)31-19-5-3-2-4-6-19/h2-13H,14,26H2,1H3,(H,28,29)/b27-13?,30-18+. The van der Waals surface area contributed by atoms with E-state index in [-0.39, 0.29) is 17.9 Å². The van der Waals surface area contributed by atoms with Crippen molar-refractivity contribution < 1.29 is 17.9 Å². The van der Waals surface area contributed by atoms with Gasteiger partial charge in [0, 0.05) is 11.4 Å². The molecule has 0 fully saturated rings. The maximum atomic E-state index is 12.9. The third-order valence-electron chi connectivity index (χ3n) is 4.06. The van der Waals surface area contributed by atoms with Crippen LogP contribution in [0.4, 0.5) is 24.5 Å². The highest BCUT2D eigenvalue weighted by Crippen LogP contribution is 2.29. The number of nitrogens with one attached hydrogen (secondary N) is 1. The summed E-state index contributed by atoms with van der Waals surface area (Å²) in [6.45, 7) is 1.58. The fourth-order valence-corrected chi connectivity index (χ4v) is 2.61. The Hall–Kier alpha value is -3.88. The number of aryl methyl sites for hydroxylation is 1. The Bertz CT molecular complexity index is 1060. The summed E-state index contributed by atoms with van der Waals surface area (Å²) in [4.78, 5) is 7.79. The van der Waals surface area contributed by atoms with Gasteiger partial charge in [-0.15, -0.1) is 0 Å². The van der Waals surface area contributed by atoms with Crippen LogP contribution in [0.15, 0.2) is 76.8 Å². The summed E-state index contributed by atoms with van der Waals surface area (Å²) in [5.74, 6) is 6.77. The smallest absolute Gasteiger partial charge is 0.433 e. The summed E-state index contributed by atoms with van der Waals surface area (Å²) in [6, 6.07) is 18.9. The lowest BCUT2D eigenvalue weighted by Gasteiger charge is -2.11. The SMILES string of the molecule is Cc1cc(NC/C(C=Nc2ccc(Oc3ccccc3)cc2)=N/N)cc(C(F)(F)F)n1. The molecule has 3 rings (SSSR count). The number of aliphatic imine (C=N–C) groups is 1. The van der Waals surface area contributed by atoms with Gasteiger partial charge >= 0.3 is 6.18 Å². The summed E-state index contributed by atoms with van der Waals surface area (Å²) in [7, 11) is 0. The second-order valence-electron chi connectivity index (χ2n) is 6.52. The molecule has 6 nitrogen and oxygen atoms in total. The number of nitrogens with zero attached hydrogens (tertiary/aromatic N) is 3. The molecule has 0 saturated carbocycles. The normalized spacial score (nSPS) is 12.2. The van der Waals surface area contributed by atoms with Gasteiger partial charge < -0.3 is 15.9 Å². The number of halogens is 3. The van der Waals surface area contributed by atoms with Crippen LogP contribution in [0.3, 0.4) is 0 Å². The molecule has 3 aromatic rings. The number of anilines is 1. The Labute approximate surface area is 177 Å². The van der Waals surface area contributed by atoms with E-state index in [1.54, 1.807) is 24.3 Å². The number of para-hydroxylation sites is 1. The number of hydrogen-bond acceptors (Lipinski definition) is 6. The molecule has 0 unspecified atom stereocenters. The molecule has 0 spiro atoms. The quantitative estimate of drug-likeness (QED) is 0.303. The summed E-state index contributed by atoms with van der Waals surface area (Å²) >= 11 is 0. The maximum absolute atomic E-state index is 12.9. The number of alkyl halides is 3. The van der Waals surface area contributed by atoms with Crippen molar-refractivity contribution in [3.63, 3.8) is 0 Å². The average Bonchev–Trinajstić information content (AvgIpc) is 2.75. The minimum Gasteiger partial charge on any atom is -0.457 e. The molecule has 0 amide bonds. The van der Waals surface area contributed by atoms with Crippen LogP contribution in [0, 0.1) is 6.92 Å². The Morgan fingerprint density at radius 1 is 1.06 bits per heavy atom. The van der Waals surface area contributed by atoms with Gasteiger partial charge in [0.05, 0.1) is 24.2 Å². The zero-order valence-corrected chi connectivity index (χ0v) is 16.6. The van der Waals surface area contributed by atoms with Crippen LogP contribution in [0.5, 0.6) is 11.5 Å². The molecule has 0 aliphatic heterocycles. The van der Waals surface area contributed by atoms with E-state index in [0.29, 0.717) is 17.1 Å². The Morgan fingerprint density at radius 3 is 2.39 bits per heavy atom. The molecule has 0 bridgehead atoms. The molecule has 9 heteroatoms. The molecule has 0 radical (unpaired) electrons. The van der Waals surface area contributed by atoms with Crippen molar-refractivity contribution in [1.82, 2.24) is 4.98 Å². The summed E-state index contributed by atoms with van der Waals surface area (Å²) in [6.07, 6.45) is -3.08. The highest BCUT2D eigenvalue weighted by atomic mass is 19.4. The first-order chi connectivity index (χ1) is 14.8. The Kier molecular flexibility index (Phi) is 6.86. The van der Waals surface area contributed by atoms with E-state index in [2.05, 4.69) is 20.4 Å². The number of aromatic nitrogens is 1. The molecule has 31 heavy (non-hydrogen) atoms. The number of benzene rings is 2. The van der Waals surface area contributed by atoms with Gasteiger partial charge in [0.15, 0.2) is 0 Å². The van der Waals surface area contributed by atoms with Crippen molar-refractivity contribution in [3.05, 3.63) is 78.1 Å². The Morgan fingerprint density at radius 2 is 1.74 bits per heavy atom. The minimum absolute atomic E-state index is 0.0932. The van der Waals surface area contributed by atoms with E-state index in [0.717, 1.165) is 11.8 Å². The molecule has 2 aromatic carbocycles. The van der Waals surface area contributed by atoms with Crippen molar-refractivity contribution in [1.29, 1.82) is 0 Å². The largest absolute Gasteiger partial charge is 0.457 e. The van der Waals surface area contributed by atoms with E-state index in [1.165, 1.54) is 19.2 Å². The number of ether oxygens (including phenoxy) is 1. The van der Waals surface area contributed by atoms with E-state index in [9.17, 15) is 13.2 Å². The highest BCUT2D eigenvalue weighted by molar-refractivity contribution is 6.32. The summed E-state index contributed by atoms with van der Waals surface area (Å²) in [5.41, 5.74) is 0.535. The zero-order chi connectivity index (χ0) is 22.3. The van der Waals surface area contributed by atoms with Crippen LogP contribution in [0.2, 0.25) is 0 Å². The third-order valence-corrected chi connectivity index (χ3v) is 4.06. The topological polar surface area (TPSA) is 84.9 Å². The minimum atomic E-state index is -4.52. The second kappa shape index (κ2) is 9.75. The number of hydrazone groups is 1. The van der Waals surface area contributed by atoms with Crippen molar-refractivity contribution >= 4 is 23.3 Å². The highest BCUT2D eigenvalue weighted by Gasteiger charge is 2.32. The van der Waals surface area contributed by atoms with E-state index < -0.39 is 11.9 Å². The van der Waals surface area contributed by atoms with Gasteiger partial charge in [-0.25, -0.2) is 4.98 Å². The van der Waals surface area contributed by atoms with Gasteiger partial charge in [0.25, 0.3) is 0 Å². The molecular formula is C22H20F3N5O. The molecule has 3 N–H and O–H groups in total. The predicted molar refractivity (Wildman–Crippen MR) is 115 cm³/mol. The van der Waals surface area contributed by atoms with Crippen molar-refractivity contribution in [2.45, 2.75) is 13.1 Å². The fourth-order valence-electron chi connectivity index (χ4n) is 2.61. The van der Waals surface area contributed by atoms with Gasteiger partial charge in [-0.1, -0.05) is 18.2 Å². The number of pyridine rings is 1. The maximum Gasteiger partial charge on any atom is 0.433 e. The molecule has 160 valence electrons. The van der Waals surface area contributed by atoms with E-state index in [1.807, 2.05) is 30.3 Å². The van der Waals surface area contributed by atoms with Crippen LogP contribution in [0.1, 0.15) is 11.4 Å². The zero-order valence-electron chi connectivity index (χ0n) is 16.6. The fraction of sp³-hybridized carbons (Fsp3) is 0.136. The molecule has 1 heterocycles. The number of hydrogen-bond donors (Lipinski definition) is 2. The molecule has 0 aliphatic rings. The van der Waals surface area contributed by atoms with E-state index in [4.69, 9.17) is 10.6 Å². The monoisotopic (exact) mass is 427 g/mol. The Balaban J connectivity index is 1.60. The third kappa shape index (κ3) is 6.56. The van der Waals surface area contributed by atoms with Crippen LogP contribution in [-0.4, -0.2) is 23.5 Å². The second-order valence-corrected chi connectivity index (χ2v) is 6.52. The lowest BCUT2D eigenvalue weighted by Crippen LogP contribution is -2.18. The predicted octanol–water partition coefficient (Wildman–Crippen LogP) is 5.33. The first kappa shape index (κ1) is 21.8. The van der Waals surface area contributed by atoms with Gasteiger partial charge in [-0.2, -0.15) is 18.3 Å². The van der Waals surface area contributed by atoms with Gasteiger partial charge in [-0.05, 0) is 55.5 Å². The van der Waals surface area contributed by atoms with Crippen LogP contribution in [-0.2, 0) is 6.18 Å². The molecule has 1 aromatic heterocycles. The van der Waals surface area contributed by atoms with E-state index >= 15 is 0 Å². The van der Waals surface area contributed by atoms with Crippen LogP contribution < -0.4 is 15.9 Å². The van der Waals surface area contributed by atoms with Gasteiger partial charge in [0.1, 0.15) is 17.2 Å². The van der Waals surface area contributed by atoms with Crippen molar-refractivity contribution in [2.24, 2.45) is 15.9 Å². The summed E-state index contributed by atoms with van der Waals surface area (Å²) < 4.78 is 44.4. The lowest BCUT2D eigenvalue weighted by molar-refractivity contribution is -0.141. The van der Waals surface area contributed by atoms with Crippen LogP contribution >= 0.6 is 0 Å². The lowest BCUT2D eigenvalue weighted by atomic mass is 10.2. The van der Waals surface area contributed by atoms with Gasteiger partial charge in [-0.3, -0.25) is 4.99 Å². The molecule has 0 saturated heterocycles. The molecule has 0 atom stereocenters. The number of nitrogens with two attached hydrogens (primary N) is 1.